The summed E-state index contributed by atoms with van der Waals surface area (Å²) in [5.41, 5.74) is 8.53. The van der Waals surface area contributed by atoms with Crippen molar-refractivity contribution in [1.29, 1.82) is 0 Å². The maximum absolute atomic E-state index is 5.86. The van der Waals surface area contributed by atoms with Crippen molar-refractivity contribution < 1.29 is 0 Å². The van der Waals surface area contributed by atoms with E-state index in [0.717, 1.165) is 34.2 Å². The first-order valence-electron chi connectivity index (χ1n) is 6.23. The molecule has 0 saturated carbocycles. The molecule has 0 spiro atoms. The summed E-state index contributed by atoms with van der Waals surface area (Å²) in [5, 5.41) is 2.93. The Morgan fingerprint density at radius 1 is 1.42 bits per heavy atom. The van der Waals surface area contributed by atoms with E-state index < -0.39 is 0 Å². The number of pyridine rings is 1. The topological polar surface area (TPSA) is 69.6 Å². The number of nitrogens with two attached hydrogens (primary N) is 1. The van der Waals surface area contributed by atoms with E-state index in [4.69, 9.17) is 5.73 Å². The van der Waals surface area contributed by atoms with Crippen molar-refractivity contribution in [2.24, 2.45) is 5.73 Å². The molecule has 0 aliphatic carbocycles. The summed E-state index contributed by atoms with van der Waals surface area (Å²) in [6, 6.07) is 3.82. The zero-order chi connectivity index (χ0) is 13.4. The molecule has 0 amide bonds. The number of hydrogen-bond donors (Lipinski definition) is 1. The monoisotopic (exact) mass is 273 g/mol. The highest BCUT2D eigenvalue weighted by Crippen LogP contribution is 2.26. The fourth-order valence-electron chi connectivity index (χ4n) is 2.05. The van der Waals surface area contributed by atoms with Gasteiger partial charge in [-0.05, 0) is 26.0 Å². The van der Waals surface area contributed by atoms with Crippen LogP contribution in [0.3, 0.4) is 0 Å². The van der Waals surface area contributed by atoms with Crippen molar-refractivity contribution in [3.05, 3.63) is 28.7 Å². The number of hydrogen-bond acceptors (Lipinski definition) is 5. The number of imidazole rings is 1. The zero-order valence-corrected chi connectivity index (χ0v) is 11.7. The summed E-state index contributed by atoms with van der Waals surface area (Å²) in [6.45, 7) is 4.83. The van der Waals surface area contributed by atoms with Crippen LogP contribution < -0.4 is 5.73 Å². The van der Waals surface area contributed by atoms with Gasteiger partial charge >= 0.3 is 0 Å². The van der Waals surface area contributed by atoms with E-state index in [1.165, 1.54) is 0 Å². The number of fused-ring (bicyclic) bond motifs is 1. The Morgan fingerprint density at radius 2 is 2.26 bits per heavy atom. The minimum Gasteiger partial charge on any atom is -0.322 e. The molecule has 0 aromatic carbocycles. The second kappa shape index (κ2) is 4.71. The molecule has 0 aliphatic rings. The molecular weight excluding hydrogens is 258 g/mol. The maximum atomic E-state index is 5.86. The van der Waals surface area contributed by atoms with Gasteiger partial charge in [-0.15, -0.1) is 11.3 Å². The van der Waals surface area contributed by atoms with Crippen LogP contribution in [0.5, 0.6) is 0 Å². The lowest BCUT2D eigenvalue weighted by Gasteiger charge is -2.02. The number of aromatic nitrogens is 4. The van der Waals surface area contributed by atoms with Gasteiger partial charge in [0.2, 0.25) is 0 Å². The summed E-state index contributed by atoms with van der Waals surface area (Å²) >= 11 is 1.57. The molecule has 2 N–H and O–H groups in total. The number of thiazole rings is 1. The van der Waals surface area contributed by atoms with Gasteiger partial charge in [0.05, 0.1) is 6.04 Å². The van der Waals surface area contributed by atoms with Gasteiger partial charge in [0, 0.05) is 18.1 Å². The summed E-state index contributed by atoms with van der Waals surface area (Å²) in [5.74, 6) is 0.861. The third-order valence-electron chi connectivity index (χ3n) is 2.96. The van der Waals surface area contributed by atoms with Crippen molar-refractivity contribution in [2.75, 3.05) is 0 Å². The van der Waals surface area contributed by atoms with Crippen LogP contribution in [0.4, 0.5) is 0 Å². The molecule has 0 radical (unpaired) electrons. The van der Waals surface area contributed by atoms with Gasteiger partial charge < -0.3 is 10.3 Å². The van der Waals surface area contributed by atoms with Crippen molar-refractivity contribution in [3.8, 4) is 11.5 Å². The van der Waals surface area contributed by atoms with Crippen LogP contribution >= 0.6 is 11.3 Å². The highest BCUT2D eigenvalue weighted by molar-refractivity contribution is 7.10. The van der Waals surface area contributed by atoms with Crippen LogP contribution in [0.25, 0.3) is 22.7 Å². The van der Waals surface area contributed by atoms with E-state index in [2.05, 4.69) is 26.4 Å². The summed E-state index contributed by atoms with van der Waals surface area (Å²) < 4.78 is 2.08. The fourth-order valence-corrected chi connectivity index (χ4v) is 2.81. The molecule has 1 atom stereocenters. The van der Waals surface area contributed by atoms with Gasteiger partial charge in [0.15, 0.2) is 11.5 Å². The van der Waals surface area contributed by atoms with Gasteiger partial charge in [-0.25, -0.2) is 15.0 Å². The van der Waals surface area contributed by atoms with Crippen LogP contribution in [-0.4, -0.2) is 19.5 Å². The summed E-state index contributed by atoms with van der Waals surface area (Å²) in [7, 11) is 0. The highest BCUT2D eigenvalue weighted by atomic mass is 32.1. The molecule has 5 nitrogen and oxygen atoms in total. The molecule has 0 saturated heterocycles. The second-order valence-electron chi connectivity index (χ2n) is 4.39. The largest absolute Gasteiger partial charge is 0.322 e. The van der Waals surface area contributed by atoms with Gasteiger partial charge in [0.25, 0.3) is 0 Å². The van der Waals surface area contributed by atoms with Crippen LogP contribution in [0.2, 0.25) is 0 Å². The van der Waals surface area contributed by atoms with Gasteiger partial charge in [-0.2, -0.15) is 0 Å². The lowest BCUT2D eigenvalue weighted by molar-refractivity contribution is 0.778. The molecule has 0 bridgehead atoms. The number of aryl methyl sites for hydroxylation is 1. The maximum Gasteiger partial charge on any atom is 0.161 e. The Labute approximate surface area is 115 Å². The van der Waals surface area contributed by atoms with Gasteiger partial charge in [-0.3, -0.25) is 0 Å². The quantitative estimate of drug-likeness (QED) is 0.796. The Hall–Kier alpha value is -1.79. The van der Waals surface area contributed by atoms with E-state index in [9.17, 15) is 0 Å². The standard InChI is InChI=1S/C13H15N5S/c1-3-18-11-9(5-4-6-15-11)16-12(18)10-7-19-13(17-10)8(2)14/h4-8H,3,14H2,1-2H3. The van der Waals surface area contributed by atoms with E-state index in [1.807, 2.05) is 24.4 Å². The van der Waals surface area contributed by atoms with Crippen LogP contribution in [0, 0.1) is 0 Å². The third-order valence-corrected chi connectivity index (χ3v) is 4.01. The van der Waals surface area contributed by atoms with E-state index in [0.29, 0.717) is 0 Å². The van der Waals surface area contributed by atoms with Crippen molar-refractivity contribution >= 4 is 22.5 Å². The normalized spacial score (nSPS) is 13.0. The van der Waals surface area contributed by atoms with Crippen molar-refractivity contribution in [2.45, 2.75) is 26.4 Å². The first kappa shape index (κ1) is 12.3. The first-order valence-corrected chi connectivity index (χ1v) is 7.11. The molecule has 0 aliphatic heterocycles. The van der Waals surface area contributed by atoms with Crippen LogP contribution in [-0.2, 0) is 6.54 Å². The van der Waals surface area contributed by atoms with E-state index >= 15 is 0 Å². The molecule has 6 heteroatoms. The fraction of sp³-hybridized carbons (Fsp3) is 0.308. The number of rotatable bonds is 3. The summed E-state index contributed by atoms with van der Waals surface area (Å²) in [4.78, 5) is 13.6. The van der Waals surface area contributed by atoms with Crippen molar-refractivity contribution in [1.82, 2.24) is 19.5 Å². The Morgan fingerprint density at radius 3 is 2.95 bits per heavy atom. The minimum absolute atomic E-state index is 0.0451. The highest BCUT2D eigenvalue weighted by Gasteiger charge is 2.15. The smallest absolute Gasteiger partial charge is 0.161 e. The molecule has 3 aromatic rings. The predicted octanol–water partition coefficient (Wildman–Crippen LogP) is 2.59. The average Bonchev–Trinajstić information content (AvgIpc) is 3.02. The molecule has 3 heterocycles. The Kier molecular flexibility index (Phi) is 3.04. The Balaban J connectivity index is 2.18. The second-order valence-corrected chi connectivity index (χ2v) is 5.28. The zero-order valence-electron chi connectivity index (χ0n) is 10.9. The molecule has 3 aromatic heterocycles. The molecule has 3 rings (SSSR count). The Bertz CT molecular complexity index is 713. The van der Waals surface area contributed by atoms with Gasteiger partial charge in [0.1, 0.15) is 16.2 Å². The molecule has 19 heavy (non-hydrogen) atoms. The molecule has 0 fully saturated rings. The number of nitrogens with zero attached hydrogens (tertiary/aromatic N) is 4. The third kappa shape index (κ3) is 2.02. The van der Waals surface area contributed by atoms with Crippen molar-refractivity contribution in [3.63, 3.8) is 0 Å². The molecular formula is C13H15N5S. The minimum atomic E-state index is -0.0451. The molecule has 98 valence electrons. The lowest BCUT2D eigenvalue weighted by Crippen LogP contribution is -2.04. The average molecular weight is 273 g/mol. The summed E-state index contributed by atoms with van der Waals surface area (Å²) in [6.07, 6.45) is 1.79. The SMILES string of the molecule is CCn1c(-c2csc(C(C)N)n2)nc2cccnc21. The lowest BCUT2D eigenvalue weighted by atomic mass is 10.4. The molecule has 1 unspecified atom stereocenters. The van der Waals surface area contributed by atoms with Crippen LogP contribution in [0.1, 0.15) is 24.9 Å². The van der Waals surface area contributed by atoms with Gasteiger partial charge in [-0.1, -0.05) is 0 Å². The van der Waals surface area contributed by atoms with E-state index in [-0.39, 0.29) is 6.04 Å². The van der Waals surface area contributed by atoms with Crippen LogP contribution in [0.15, 0.2) is 23.7 Å². The predicted molar refractivity (Wildman–Crippen MR) is 76.9 cm³/mol. The first-order chi connectivity index (χ1) is 9.20. The van der Waals surface area contributed by atoms with E-state index in [1.54, 1.807) is 17.5 Å².